The highest BCUT2D eigenvalue weighted by atomic mass is 15.1. The van der Waals surface area contributed by atoms with Crippen LogP contribution >= 0.6 is 0 Å². The number of nitrogens with one attached hydrogen (secondary N) is 1. The van der Waals surface area contributed by atoms with Crippen molar-refractivity contribution in [1.82, 2.24) is 9.88 Å². The molecule has 0 saturated carbocycles. The molecule has 3 nitrogen and oxygen atoms in total. The van der Waals surface area contributed by atoms with Gasteiger partial charge in [0.1, 0.15) is 0 Å². The van der Waals surface area contributed by atoms with Crippen LogP contribution in [0, 0.1) is 12.8 Å². The van der Waals surface area contributed by atoms with Gasteiger partial charge in [-0.3, -0.25) is 4.98 Å². The predicted octanol–water partition coefficient (Wildman–Crippen LogP) is 2.53. The summed E-state index contributed by atoms with van der Waals surface area (Å²) in [5, 5.41) is 3.56. The molecule has 2 rings (SSSR count). The number of piperidine rings is 1. The van der Waals surface area contributed by atoms with E-state index in [0.717, 1.165) is 12.5 Å². The molecule has 1 N–H and O–H groups in total. The first-order valence-electron chi connectivity index (χ1n) is 6.66. The van der Waals surface area contributed by atoms with Crippen LogP contribution in [0.15, 0.2) is 18.5 Å². The van der Waals surface area contributed by atoms with Crippen molar-refractivity contribution in [1.29, 1.82) is 0 Å². The highest BCUT2D eigenvalue weighted by Crippen LogP contribution is 2.19. The molecular weight excluding hydrogens is 210 g/mol. The zero-order chi connectivity index (χ0) is 12.1. The monoisotopic (exact) mass is 233 g/mol. The highest BCUT2D eigenvalue weighted by molar-refractivity contribution is 5.48. The largest absolute Gasteiger partial charge is 0.384 e. The van der Waals surface area contributed by atoms with Crippen LogP contribution in [0.5, 0.6) is 0 Å². The molecule has 1 aliphatic heterocycles. The van der Waals surface area contributed by atoms with Crippen molar-refractivity contribution < 1.29 is 0 Å². The minimum atomic E-state index is 0.824. The van der Waals surface area contributed by atoms with Gasteiger partial charge in [0.25, 0.3) is 0 Å². The summed E-state index contributed by atoms with van der Waals surface area (Å²) in [6, 6.07) is 2.07. The molecule has 0 unspecified atom stereocenters. The average molecular weight is 233 g/mol. The maximum absolute atomic E-state index is 4.11. The van der Waals surface area contributed by atoms with E-state index in [9.17, 15) is 0 Å². The zero-order valence-electron chi connectivity index (χ0n) is 10.9. The highest BCUT2D eigenvalue weighted by Gasteiger charge is 2.17. The number of pyridine rings is 1. The zero-order valence-corrected chi connectivity index (χ0v) is 10.9. The standard InChI is InChI=1S/C14H23N3/c1-3-17-8-5-13(6-9-17)11-16-14-4-7-15-10-12(14)2/h4,7,10,13H,3,5-6,8-9,11H2,1-2H3,(H,15,16). The van der Waals surface area contributed by atoms with Crippen molar-refractivity contribution in [3.63, 3.8) is 0 Å². The lowest BCUT2D eigenvalue weighted by Crippen LogP contribution is -2.35. The fraction of sp³-hybridized carbons (Fsp3) is 0.643. The second-order valence-electron chi connectivity index (χ2n) is 4.95. The first-order valence-corrected chi connectivity index (χ1v) is 6.66. The number of nitrogens with zero attached hydrogens (tertiary/aromatic N) is 2. The topological polar surface area (TPSA) is 28.2 Å². The molecule has 0 spiro atoms. The van der Waals surface area contributed by atoms with Gasteiger partial charge in [0.2, 0.25) is 0 Å². The number of aryl methyl sites for hydroxylation is 1. The Morgan fingerprint density at radius 3 is 2.82 bits per heavy atom. The molecule has 1 aromatic heterocycles. The fourth-order valence-corrected chi connectivity index (χ4v) is 2.43. The Balaban J connectivity index is 1.78. The van der Waals surface area contributed by atoms with Crippen molar-refractivity contribution in [2.24, 2.45) is 5.92 Å². The third kappa shape index (κ3) is 3.43. The van der Waals surface area contributed by atoms with Gasteiger partial charge in [-0.05, 0) is 56.9 Å². The summed E-state index contributed by atoms with van der Waals surface area (Å²) in [7, 11) is 0. The Hall–Kier alpha value is -1.09. The molecule has 1 saturated heterocycles. The number of hydrogen-bond acceptors (Lipinski definition) is 3. The smallest absolute Gasteiger partial charge is 0.0400 e. The molecule has 2 heterocycles. The molecular formula is C14H23N3. The lowest BCUT2D eigenvalue weighted by molar-refractivity contribution is 0.198. The van der Waals surface area contributed by atoms with E-state index in [-0.39, 0.29) is 0 Å². The van der Waals surface area contributed by atoms with Crippen LogP contribution < -0.4 is 5.32 Å². The van der Waals surface area contributed by atoms with Gasteiger partial charge >= 0.3 is 0 Å². The summed E-state index contributed by atoms with van der Waals surface area (Å²) in [5.41, 5.74) is 2.47. The maximum atomic E-state index is 4.11. The molecule has 17 heavy (non-hydrogen) atoms. The molecule has 0 amide bonds. The average Bonchev–Trinajstić information content (AvgIpc) is 2.38. The van der Waals surface area contributed by atoms with E-state index in [1.54, 1.807) is 0 Å². The Bertz CT molecular complexity index is 343. The van der Waals surface area contributed by atoms with Gasteiger partial charge in [0, 0.05) is 24.6 Å². The fourth-order valence-electron chi connectivity index (χ4n) is 2.43. The van der Waals surface area contributed by atoms with Crippen molar-refractivity contribution >= 4 is 5.69 Å². The number of likely N-dealkylation sites (tertiary alicyclic amines) is 1. The Labute approximate surface area is 104 Å². The summed E-state index contributed by atoms with van der Waals surface area (Å²) < 4.78 is 0. The SMILES string of the molecule is CCN1CCC(CNc2ccncc2C)CC1. The van der Waals surface area contributed by atoms with Crippen LogP contribution in [0.1, 0.15) is 25.3 Å². The minimum Gasteiger partial charge on any atom is -0.384 e. The van der Waals surface area contributed by atoms with E-state index < -0.39 is 0 Å². The van der Waals surface area contributed by atoms with Gasteiger partial charge in [-0.2, -0.15) is 0 Å². The Kier molecular flexibility index (Phi) is 4.37. The van der Waals surface area contributed by atoms with Crippen LogP contribution in [0.25, 0.3) is 0 Å². The summed E-state index contributed by atoms with van der Waals surface area (Å²) in [6.07, 6.45) is 6.42. The van der Waals surface area contributed by atoms with E-state index in [1.807, 2.05) is 12.4 Å². The van der Waals surface area contributed by atoms with Crippen LogP contribution in [0.4, 0.5) is 5.69 Å². The van der Waals surface area contributed by atoms with Crippen molar-refractivity contribution in [3.05, 3.63) is 24.0 Å². The molecule has 1 aliphatic rings. The number of anilines is 1. The van der Waals surface area contributed by atoms with Crippen molar-refractivity contribution in [2.75, 3.05) is 31.5 Å². The van der Waals surface area contributed by atoms with E-state index >= 15 is 0 Å². The van der Waals surface area contributed by atoms with Crippen molar-refractivity contribution in [3.8, 4) is 0 Å². The molecule has 94 valence electrons. The van der Waals surface area contributed by atoms with Gasteiger partial charge in [-0.25, -0.2) is 0 Å². The molecule has 0 aromatic carbocycles. The third-order valence-electron chi connectivity index (χ3n) is 3.76. The molecule has 1 fully saturated rings. The number of hydrogen-bond donors (Lipinski definition) is 1. The lowest BCUT2D eigenvalue weighted by Gasteiger charge is -2.31. The van der Waals surface area contributed by atoms with E-state index in [4.69, 9.17) is 0 Å². The van der Waals surface area contributed by atoms with E-state index in [2.05, 4.69) is 35.1 Å². The Morgan fingerprint density at radius 1 is 1.41 bits per heavy atom. The van der Waals surface area contributed by atoms with Crippen LogP contribution in [-0.4, -0.2) is 36.1 Å². The molecule has 0 atom stereocenters. The van der Waals surface area contributed by atoms with Gasteiger partial charge in [0.15, 0.2) is 0 Å². The van der Waals surface area contributed by atoms with Crippen molar-refractivity contribution in [2.45, 2.75) is 26.7 Å². The van der Waals surface area contributed by atoms with Crippen LogP contribution in [0.2, 0.25) is 0 Å². The molecule has 1 aromatic rings. The minimum absolute atomic E-state index is 0.824. The number of rotatable bonds is 4. The maximum Gasteiger partial charge on any atom is 0.0400 e. The normalized spacial score (nSPS) is 18.2. The second-order valence-corrected chi connectivity index (χ2v) is 4.95. The second kappa shape index (κ2) is 6.01. The molecule has 0 bridgehead atoms. The summed E-state index contributed by atoms with van der Waals surface area (Å²) in [4.78, 5) is 6.65. The van der Waals surface area contributed by atoms with Gasteiger partial charge in [-0.1, -0.05) is 6.92 Å². The lowest BCUT2D eigenvalue weighted by atomic mass is 9.96. The predicted molar refractivity (Wildman–Crippen MR) is 72.3 cm³/mol. The Morgan fingerprint density at radius 2 is 2.18 bits per heavy atom. The van der Waals surface area contributed by atoms with E-state index in [0.29, 0.717) is 0 Å². The van der Waals surface area contributed by atoms with E-state index in [1.165, 1.54) is 43.7 Å². The van der Waals surface area contributed by atoms with Crippen LogP contribution in [0.3, 0.4) is 0 Å². The van der Waals surface area contributed by atoms with Gasteiger partial charge < -0.3 is 10.2 Å². The number of aromatic nitrogens is 1. The van der Waals surface area contributed by atoms with Gasteiger partial charge in [-0.15, -0.1) is 0 Å². The third-order valence-corrected chi connectivity index (χ3v) is 3.76. The summed E-state index contributed by atoms with van der Waals surface area (Å²) in [5.74, 6) is 0.824. The van der Waals surface area contributed by atoms with Crippen LogP contribution in [-0.2, 0) is 0 Å². The first kappa shape index (κ1) is 12.4. The molecule has 0 radical (unpaired) electrons. The summed E-state index contributed by atoms with van der Waals surface area (Å²) in [6.45, 7) is 9.18. The first-order chi connectivity index (χ1) is 8.29. The molecule has 3 heteroatoms. The quantitative estimate of drug-likeness (QED) is 0.866. The summed E-state index contributed by atoms with van der Waals surface area (Å²) >= 11 is 0. The van der Waals surface area contributed by atoms with Gasteiger partial charge in [0.05, 0.1) is 0 Å². The molecule has 0 aliphatic carbocycles.